The molecule has 0 saturated carbocycles. The fourth-order valence-corrected chi connectivity index (χ4v) is 3.10. The highest BCUT2D eigenvalue weighted by Gasteiger charge is 2.28. The lowest BCUT2D eigenvalue weighted by Gasteiger charge is -2.36. The fraction of sp³-hybridized carbons (Fsp3) is 0.333. The van der Waals surface area contributed by atoms with Gasteiger partial charge < -0.3 is 14.4 Å². The standard InChI is InChI=1S/C21H23N3O3/c1-2-26-18-10-8-17(9-11-18)20(16-22)23-12-14-24(15-13-23)21(25)27-19-6-4-3-5-7-19/h3-11,20H,2,12-15H2,1H3. The van der Waals surface area contributed by atoms with E-state index in [0.717, 1.165) is 11.3 Å². The third-order valence-electron chi connectivity index (χ3n) is 4.52. The molecule has 3 rings (SSSR count). The molecular weight excluding hydrogens is 342 g/mol. The first-order valence-electron chi connectivity index (χ1n) is 9.09. The van der Waals surface area contributed by atoms with E-state index in [2.05, 4.69) is 11.0 Å². The number of rotatable bonds is 5. The summed E-state index contributed by atoms with van der Waals surface area (Å²) in [5, 5.41) is 9.65. The Morgan fingerprint density at radius 1 is 1.04 bits per heavy atom. The van der Waals surface area contributed by atoms with Crippen molar-refractivity contribution in [1.29, 1.82) is 5.26 Å². The highest BCUT2D eigenvalue weighted by atomic mass is 16.6. The average molecular weight is 365 g/mol. The van der Waals surface area contributed by atoms with Crippen LogP contribution in [-0.4, -0.2) is 48.7 Å². The van der Waals surface area contributed by atoms with Gasteiger partial charge >= 0.3 is 6.09 Å². The van der Waals surface area contributed by atoms with Gasteiger partial charge in [-0.3, -0.25) is 4.90 Å². The van der Waals surface area contributed by atoms with Crippen molar-refractivity contribution in [3.8, 4) is 17.6 Å². The first kappa shape index (κ1) is 18.7. The average Bonchev–Trinajstić information content (AvgIpc) is 2.71. The lowest BCUT2D eigenvalue weighted by molar-refractivity contribution is 0.100. The van der Waals surface area contributed by atoms with E-state index in [9.17, 15) is 10.1 Å². The summed E-state index contributed by atoms with van der Waals surface area (Å²) < 4.78 is 10.8. The van der Waals surface area contributed by atoms with Crippen LogP contribution in [0.1, 0.15) is 18.5 Å². The van der Waals surface area contributed by atoms with E-state index in [1.54, 1.807) is 17.0 Å². The van der Waals surface area contributed by atoms with Gasteiger partial charge in [-0.05, 0) is 36.8 Å². The molecule has 2 aromatic rings. The Bertz CT molecular complexity index is 779. The van der Waals surface area contributed by atoms with E-state index < -0.39 is 0 Å². The van der Waals surface area contributed by atoms with Crippen LogP contribution in [0.4, 0.5) is 4.79 Å². The second-order valence-corrected chi connectivity index (χ2v) is 6.24. The molecule has 6 heteroatoms. The maximum Gasteiger partial charge on any atom is 0.415 e. The van der Waals surface area contributed by atoms with Gasteiger partial charge in [0.05, 0.1) is 12.7 Å². The highest BCUT2D eigenvalue weighted by molar-refractivity contribution is 5.70. The topological polar surface area (TPSA) is 65.8 Å². The highest BCUT2D eigenvalue weighted by Crippen LogP contribution is 2.24. The number of benzene rings is 2. The molecule has 140 valence electrons. The SMILES string of the molecule is CCOc1ccc(C(C#N)N2CCN(C(=O)Oc3ccccc3)CC2)cc1. The molecule has 0 radical (unpaired) electrons. The van der Waals surface area contributed by atoms with Gasteiger partial charge in [0.1, 0.15) is 17.5 Å². The lowest BCUT2D eigenvalue weighted by atomic mass is 10.1. The predicted octanol–water partition coefficient (Wildman–Crippen LogP) is 3.47. The zero-order chi connectivity index (χ0) is 19.1. The molecule has 0 spiro atoms. The van der Waals surface area contributed by atoms with Crippen LogP contribution in [0.25, 0.3) is 0 Å². The molecule has 2 aromatic carbocycles. The first-order valence-corrected chi connectivity index (χ1v) is 9.09. The summed E-state index contributed by atoms with van der Waals surface area (Å²) in [7, 11) is 0. The number of carbonyl (C=O) groups excluding carboxylic acids is 1. The molecule has 1 atom stereocenters. The van der Waals surface area contributed by atoms with Gasteiger partial charge in [-0.25, -0.2) is 4.79 Å². The third-order valence-corrected chi connectivity index (χ3v) is 4.52. The smallest absolute Gasteiger partial charge is 0.415 e. The van der Waals surface area contributed by atoms with Gasteiger partial charge in [0.25, 0.3) is 0 Å². The van der Waals surface area contributed by atoms with Crippen LogP contribution in [-0.2, 0) is 0 Å². The van der Waals surface area contributed by atoms with E-state index in [4.69, 9.17) is 9.47 Å². The van der Waals surface area contributed by atoms with Crippen molar-refractivity contribution in [1.82, 2.24) is 9.80 Å². The molecule has 1 fully saturated rings. The van der Waals surface area contributed by atoms with Crippen LogP contribution < -0.4 is 9.47 Å². The second kappa shape index (κ2) is 9.06. The predicted molar refractivity (Wildman–Crippen MR) is 102 cm³/mol. The summed E-state index contributed by atoms with van der Waals surface area (Å²) in [5.41, 5.74) is 0.932. The summed E-state index contributed by atoms with van der Waals surface area (Å²) in [6.07, 6.45) is -0.351. The molecule has 0 aliphatic carbocycles. The first-order chi connectivity index (χ1) is 13.2. The molecule has 1 saturated heterocycles. The Morgan fingerprint density at radius 3 is 2.30 bits per heavy atom. The zero-order valence-corrected chi connectivity index (χ0v) is 15.4. The fourth-order valence-electron chi connectivity index (χ4n) is 3.10. The number of ether oxygens (including phenoxy) is 2. The molecule has 1 aliphatic heterocycles. The van der Waals surface area contributed by atoms with Crippen molar-refractivity contribution in [2.24, 2.45) is 0 Å². The Hall–Kier alpha value is -3.04. The Morgan fingerprint density at radius 2 is 1.70 bits per heavy atom. The number of amides is 1. The number of nitrogens with zero attached hydrogens (tertiary/aromatic N) is 3. The normalized spacial score (nSPS) is 15.6. The van der Waals surface area contributed by atoms with Crippen LogP contribution in [0.5, 0.6) is 11.5 Å². The Labute approximate surface area is 159 Å². The minimum Gasteiger partial charge on any atom is -0.494 e. The van der Waals surface area contributed by atoms with Gasteiger partial charge in [0.15, 0.2) is 0 Å². The Balaban J connectivity index is 1.57. The summed E-state index contributed by atoms with van der Waals surface area (Å²) in [6.45, 7) is 4.85. The molecule has 27 heavy (non-hydrogen) atoms. The molecule has 0 bridgehead atoms. The largest absolute Gasteiger partial charge is 0.494 e. The van der Waals surface area contributed by atoms with E-state index in [0.29, 0.717) is 38.5 Å². The number of hydrogen-bond donors (Lipinski definition) is 0. The summed E-state index contributed by atoms with van der Waals surface area (Å²) in [5.74, 6) is 1.33. The van der Waals surface area contributed by atoms with Crippen LogP contribution in [0.3, 0.4) is 0 Å². The number of piperazine rings is 1. The van der Waals surface area contributed by atoms with E-state index in [1.807, 2.05) is 49.4 Å². The van der Waals surface area contributed by atoms with Crippen molar-refractivity contribution in [3.63, 3.8) is 0 Å². The number of carbonyl (C=O) groups is 1. The van der Waals surface area contributed by atoms with Gasteiger partial charge in [-0.15, -0.1) is 0 Å². The molecule has 0 N–H and O–H groups in total. The zero-order valence-electron chi connectivity index (χ0n) is 15.4. The molecule has 0 aromatic heterocycles. The molecular formula is C21H23N3O3. The van der Waals surface area contributed by atoms with E-state index in [-0.39, 0.29) is 12.1 Å². The van der Waals surface area contributed by atoms with Gasteiger partial charge in [-0.1, -0.05) is 30.3 Å². The van der Waals surface area contributed by atoms with Crippen molar-refractivity contribution >= 4 is 6.09 Å². The third kappa shape index (κ3) is 4.78. The van der Waals surface area contributed by atoms with Crippen molar-refractivity contribution < 1.29 is 14.3 Å². The van der Waals surface area contributed by atoms with Crippen LogP contribution in [0.15, 0.2) is 54.6 Å². The maximum atomic E-state index is 12.3. The van der Waals surface area contributed by atoms with E-state index in [1.165, 1.54) is 0 Å². The molecule has 1 heterocycles. The van der Waals surface area contributed by atoms with Crippen LogP contribution in [0, 0.1) is 11.3 Å². The van der Waals surface area contributed by atoms with Crippen molar-refractivity contribution in [2.75, 3.05) is 32.8 Å². The lowest BCUT2D eigenvalue weighted by Crippen LogP contribution is -2.50. The quantitative estimate of drug-likeness (QED) is 0.812. The summed E-state index contributed by atoms with van der Waals surface area (Å²) >= 11 is 0. The summed E-state index contributed by atoms with van der Waals surface area (Å²) in [4.78, 5) is 16.1. The maximum absolute atomic E-state index is 12.3. The van der Waals surface area contributed by atoms with Gasteiger partial charge in [-0.2, -0.15) is 5.26 Å². The minimum absolute atomic E-state index is 0.340. The van der Waals surface area contributed by atoms with Gasteiger partial charge in [0, 0.05) is 26.2 Å². The second-order valence-electron chi connectivity index (χ2n) is 6.24. The number of para-hydroxylation sites is 1. The van der Waals surface area contributed by atoms with E-state index >= 15 is 0 Å². The van der Waals surface area contributed by atoms with Crippen molar-refractivity contribution in [3.05, 3.63) is 60.2 Å². The van der Waals surface area contributed by atoms with Gasteiger partial charge in [0.2, 0.25) is 0 Å². The number of hydrogen-bond acceptors (Lipinski definition) is 5. The van der Waals surface area contributed by atoms with Crippen LogP contribution in [0.2, 0.25) is 0 Å². The molecule has 1 amide bonds. The summed E-state index contributed by atoms with van der Waals surface area (Å²) in [6, 6.07) is 18.7. The monoisotopic (exact) mass is 365 g/mol. The minimum atomic E-state index is -0.351. The van der Waals surface area contributed by atoms with Crippen molar-refractivity contribution in [2.45, 2.75) is 13.0 Å². The Kier molecular flexibility index (Phi) is 6.29. The number of nitriles is 1. The molecule has 1 aliphatic rings. The molecule has 1 unspecified atom stereocenters. The van der Waals surface area contributed by atoms with Crippen LogP contribution >= 0.6 is 0 Å². The molecule has 6 nitrogen and oxygen atoms in total.